The molecule has 21 heavy (non-hydrogen) atoms. The van der Waals surface area contributed by atoms with E-state index in [-0.39, 0.29) is 0 Å². The monoisotopic (exact) mass is 283 g/mol. The molecule has 0 heterocycles. The lowest BCUT2D eigenvalue weighted by Gasteiger charge is -2.15. The molecule has 0 saturated heterocycles. The second kappa shape index (κ2) is 7.84. The Morgan fingerprint density at radius 2 is 1.86 bits per heavy atom. The molecule has 0 fully saturated rings. The van der Waals surface area contributed by atoms with Gasteiger partial charge in [0.25, 0.3) is 0 Å². The van der Waals surface area contributed by atoms with E-state index in [9.17, 15) is 0 Å². The fraction of sp³-hybridized carbons (Fsp3) is 0.368. The average Bonchev–Trinajstić information content (AvgIpc) is 2.51. The maximum Gasteiger partial charge on any atom is 0.119 e. The summed E-state index contributed by atoms with van der Waals surface area (Å²) in [5.41, 5.74) is 3.93. The summed E-state index contributed by atoms with van der Waals surface area (Å²) in [6.07, 6.45) is 1.09. The highest BCUT2D eigenvalue weighted by Gasteiger charge is 2.04. The van der Waals surface area contributed by atoms with Gasteiger partial charge in [0.1, 0.15) is 12.4 Å². The van der Waals surface area contributed by atoms with Crippen LogP contribution in [-0.2, 0) is 6.42 Å². The van der Waals surface area contributed by atoms with Gasteiger partial charge in [0, 0.05) is 12.6 Å². The molecule has 0 radical (unpaired) electrons. The lowest BCUT2D eigenvalue weighted by Crippen LogP contribution is -2.24. The van der Waals surface area contributed by atoms with Crippen LogP contribution in [0.3, 0.4) is 0 Å². The molecule has 2 nitrogen and oxygen atoms in total. The number of rotatable bonds is 7. The van der Waals surface area contributed by atoms with Gasteiger partial charge in [-0.3, -0.25) is 0 Å². The van der Waals surface area contributed by atoms with E-state index in [4.69, 9.17) is 4.74 Å². The Bertz CT molecular complexity index is 548. The normalized spacial score (nSPS) is 12.1. The Morgan fingerprint density at radius 3 is 2.52 bits per heavy atom. The molecule has 0 saturated carbocycles. The van der Waals surface area contributed by atoms with E-state index in [1.165, 1.54) is 16.7 Å². The lowest BCUT2D eigenvalue weighted by molar-refractivity contribution is 0.307. The molecule has 1 N–H and O–H groups in total. The van der Waals surface area contributed by atoms with Crippen LogP contribution >= 0.6 is 0 Å². The Labute approximate surface area is 128 Å². The zero-order valence-electron chi connectivity index (χ0n) is 13.2. The first kappa shape index (κ1) is 15.6. The van der Waals surface area contributed by atoms with Crippen molar-refractivity contribution in [2.24, 2.45) is 0 Å². The summed E-state index contributed by atoms with van der Waals surface area (Å²) in [7, 11) is 0. The first-order valence-corrected chi connectivity index (χ1v) is 7.70. The highest BCUT2D eigenvalue weighted by atomic mass is 16.5. The predicted octanol–water partition coefficient (Wildman–Crippen LogP) is 4.29. The second-order valence-corrected chi connectivity index (χ2v) is 5.44. The first-order valence-electron chi connectivity index (χ1n) is 7.70. The standard InChI is InChI=1S/C19H25NO/c1-4-17-8-10-18(11-9-17)16(3)20-12-13-21-19-7-5-6-15(2)14-19/h5-11,14,16,20H,4,12-13H2,1-3H3. The Balaban J connectivity index is 1.74. The Morgan fingerprint density at radius 1 is 1.10 bits per heavy atom. The molecule has 2 aromatic rings. The Hall–Kier alpha value is -1.80. The van der Waals surface area contributed by atoms with Crippen LogP contribution in [0.15, 0.2) is 48.5 Å². The van der Waals surface area contributed by atoms with Crippen LogP contribution in [-0.4, -0.2) is 13.2 Å². The molecule has 2 aromatic carbocycles. The lowest BCUT2D eigenvalue weighted by atomic mass is 10.1. The van der Waals surface area contributed by atoms with E-state index in [2.05, 4.69) is 62.5 Å². The maximum absolute atomic E-state index is 5.75. The molecule has 2 rings (SSSR count). The maximum atomic E-state index is 5.75. The minimum Gasteiger partial charge on any atom is -0.492 e. The average molecular weight is 283 g/mol. The summed E-state index contributed by atoms with van der Waals surface area (Å²) in [6, 6.07) is 17.3. The van der Waals surface area contributed by atoms with Gasteiger partial charge in [-0.15, -0.1) is 0 Å². The third-order valence-electron chi connectivity index (χ3n) is 3.70. The zero-order valence-corrected chi connectivity index (χ0v) is 13.2. The van der Waals surface area contributed by atoms with E-state index in [0.29, 0.717) is 12.6 Å². The molecule has 0 aliphatic heterocycles. The molecular weight excluding hydrogens is 258 g/mol. The molecule has 0 amide bonds. The van der Waals surface area contributed by atoms with Crippen LogP contribution in [0.1, 0.15) is 36.6 Å². The quantitative estimate of drug-likeness (QED) is 0.765. The molecule has 0 aliphatic carbocycles. The highest BCUT2D eigenvalue weighted by Crippen LogP contribution is 2.14. The number of aryl methyl sites for hydroxylation is 2. The fourth-order valence-corrected chi connectivity index (χ4v) is 2.31. The molecule has 112 valence electrons. The molecule has 1 unspecified atom stereocenters. The largest absolute Gasteiger partial charge is 0.492 e. The molecule has 0 aliphatic rings. The van der Waals surface area contributed by atoms with Crippen molar-refractivity contribution in [3.05, 3.63) is 65.2 Å². The van der Waals surface area contributed by atoms with E-state index in [0.717, 1.165) is 18.7 Å². The van der Waals surface area contributed by atoms with E-state index < -0.39 is 0 Å². The van der Waals surface area contributed by atoms with Crippen molar-refractivity contribution in [1.82, 2.24) is 5.32 Å². The van der Waals surface area contributed by atoms with Gasteiger partial charge in [0.2, 0.25) is 0 Å². The summed E-state index contributed by atoms with van der Waals surface area (Å²) in [6.45, 7) is 7.96. The van der Waals surface area contributed by atoms with Gasteiger partial charge < -0.3 is 10.1 Å². The highest BCUT2D eigenvalue weighted by molar-refractivity contribution is 5.27. The predicted molar refractivity (Wildman–Crippen MR) is 88.9 cm³/mol. The van der Waals surface area contributed by atoms with Gasteiger partial charge in [-0.05, 0) is 49.1 Å². The number of hydrogen-bond donors (Lipinski definition) is 1. The van der Waals surface area contributed by atoms with Crippen LogP contribution in [0.4, 0.5) is 0 Å². The third kappa shape index (κ3) is 4.91. The number of ether oxygens (including phenoxy) is 1. The number of hydrogen-bond acceptors (Lipinski definition) is 2. The Kier molecular flexibility index (Phi) is 5.82. The summed E-state index contributed by atoms with van der Waals surface area (Å²) >= 11 is 0. The zero-order chi connectivity index (χ0) is 15.1. The molecular formula is C19H25NO. The minimum absolute atomic E-state index is 0.344. The van der Waals surface area contributed by atoms with Gasteiger partial charge in [-0.1, -0.05) is 43.3 Å². The van der Waals surface area contributed by atoms with E-state index in [1.807, 2.05) is 12.1 Å². The van der Waals surface area contributed by atoms with Gasteiger partial charge in [-0.2, -0.15) is 0 Å². The first-order chi connectivity index (χ1) is 10.2. The van der Waals surface area contributed by atoms with Gasteiger partial charge in [0.05, 0.1) is 0 Å². The van der Waals surface area contributed by atoms with Gasteiger partial charge in [0.15, 0.2) is 0 Å². The van der Waals surface area contributed by atoms with Gasteiger partial charge in [-0.25, -0.2) is 0 Å². The fourth-order valence-electron chi connectivity index (χ4n) is 2.31. The van der Waals surface area contributed by atoms with Gasteiger partial charge >= 0.3 is 0 Å². The van der Waals surface area contributed by atoms with Crippen molar-refractivity contribution in [2.45, 2.75) is 33.2 Å². The van der Waals surface area contributed by atoms with E-state index >= 15 is 0 Å². The van der Waals surface area contributed by atoms with Crippen molar-refractivity contribution in [3.63, 3.8) is 0 Å². The van der Waals surface area contributed by atoms with Crippen LogP contribution < -0.4 is 10.1 Å². The molecule has 0 aromatic heterocycles. The smallest absolute Gasteiger partial charge is 0.119 e. The molecule has 0 spiro atoms. The summed E-state index contributed by atoms with van der Waals surface area (Å²) < 4.78 is 5.75. The molecule has 1 atom stereocenters. The summed E-state index contributed by atoms with van der Waals surface area (Å²) in [4.78, 5) is 0. The number of benzene rings is 2. The second-order valence-electron chi connectivity index (χ2n) is 5.44. The van der Waals surface area contributed by atoms with Crippen LogP contribution in [0.25, 0.3) is 0 Å². The third-order valence-corrected chi connectivity index (χ3v) is 3.70. The van der Waals surface area contributed by atoms with Crippen LogP contribution in [0.5, 0.6) is 5.75 Å². The topological polar surface area (TPSA) is 21.3 Å². The van der Waals surface area contributed by atoms with Crippen molar-refractivity contribution in [1.29, 1.82) is 0 Å². The summed E-state index contributed by atoms with van der Waals surface area (Å²) in [5, 5.41) is 3.50. The van der Waals surface area contributed by atoms with Crippen molar-refractivity contribution in [2.75, 3.05) is 13.2 Å². The number of nitrogens with one attached hydrogen (secondary N) is 1. The molecule has 2 heteroatoms. The molecule has 0 bridgehead atoms. The SMILES string of the molecule is CCc1ccc(C(C)NCCOc2cccc(C)c2)cc1. The van der Waals surface area contributed by atoms with Crippen molar-refractivity contribution < 1.29 is 4.74 Å². The minimum atomic E-state index is 0.344. The van der Waals surface area contributed by atoms with Crippen LogP contribution in [0.2, 0.25) is 0 Å². The summed E-state index contributed by atoms with van der Waals surface area (Å²) in [5.74, 6) is 0.941. The van der Waals surface area contributed by atoms with Crippen molar-refractivity contribution in [3.8, 4) is 5.75 Å². The van der Waals surface area contributed by atoms with Crippen molar-refractivity contribution >= 4 is 0 Å². The van der Waals surface area contributed by atoms with Crippen LogP contribution in [0, 0.1) is 6.92 Å². The van der Waals surface area contributed by atoms with E-state index in [1.54, 1.807) is 0 Å².